The van der Waals surface area contributed by atoms with Crippen molar-refractivity contribution >= 4 is 94.9 Å². The van der Waals surface area contributed by atoms with Crippen LogP contribution in [0.4, 0.5) is 13.2 Å². The first-order valence-electron chi connectivity index (χ1n) is 10.2. The molecule has 0 unspecified atom stereocenters. The second-order valence-corrected chi connectivity index (χ2v) is 13.2. The number of fused-ring (bicyclic) bond motifs is 1. The monoisotopic (exact) mass is 702 g/mol. The topological polar surface area (TPSA) is 139 Å². The van der Waals surface area contributed by atoms with Gasteiger partial charge in [-0.25, -0.2) is 18.2 Å². The molecule has 0 saturated carbocycles. The Morgan fingerprint density at radius 1 is 1.26 bits per heavy atom. The van der Waals surface area contributed by atoms with E-state index in [0.29, 0.717) is 35.7 Å². The number of sulfone groups is 1. The molecule has 4 rings (SSSR count). The van der Waals surface area contributed by atoms with Gasteiger partial charge in [0.2, 0.25) is 9.84 Å². The number of hydrogen-bond donors (Lipinski definition) is 3. The Kier molecular flexibility index (Phi) is 9.66. The number of carboxylic acids is 1. The van der Waals surface area contributed by atoms with Gasteiger partial charge in [0.25, 0.3) is 0 Å². The lowest BCUT2D eigenvalue weighted by molar-refractivity contribution is -0.192. The van der Waals surface area contributed by atoms with E-state index in [1.165, 1.54) is 35.2 Å². The number of alkyl halides is 3. The highest BCUT2D eigenvalue weighted by molar-refractivity contribution is 9.10. The summed E-state index contributed by atoms with van der Waals surface area (Å²) in [4.78, 5) is 13.9. The molecule has 2 aromatic heterocycles. The minimum atomic E-state index is -5.08. The Balaban J connectivity index is 0.000000532. The fraction of sp³-hybridized carbons (Fsp3) is 0.136. The summed E-state index contributed by atoms with van der Waals surface area (Å²) in [6.07, 6.45) is -1.67. The molecule has 208 valence electrons. The largest absolute Gasteiger partial charge is 0.490 e. The predicted molar refractivity (Wildman–Crippen MR) is 149 cm³/mol. The van der Waals surface area contributed by atoms with Crippen LogP contribution in [0.15, 0.2) is 61.2 Å². The lowest BCUT2D eigenvalue weighted by Gasteiger charge is -2.11. The number of nitrogens with zero attached hydrogens (tertiary/aromatic N) is 2. The average molecular weight is 704 g/mol. The summed E-state index contributed by atoms with van der Waals surface area (Å²) in [6.45, 7) is 0.378. The summed E-state index contributed by atoms with van der Waals surface area (Å²) in [5, 5.41) is 15.8. The van der Waals surface area contributed by atoms with Gasteiger partial charge in [-0.2, -0.15) is 13.2 Å². The number of benzene rings is 2. The summed E-state index contributed by atoms with van der Waals surface area (Å²) < 4.78 is 61.6. The zero-order chi connectivity index (χ0) is 29.3. The molecule has 0 fully saturated rings. The first-order chi connectivity index (χ1) is 18.1. The molecule has 0 atom stereocenters. The van der Waals surface area contributed by atoms with E-state index in [0.717, 1.165) is 11.1 Å². The zero-order valence-corrected chi connectivity index (χ0v) is 24.9. The number of thiophene rings is 1. The highest BCUT2D eigenvalue weighted by atomic mass is 79.9. The highest BCUT2D eigenvalue weighted by Gasteiger charge is 2.38. The van der Waals surface area contributed by atoms with E-state index in [9.17, 15) is 21.6 Å². The molecule has 4 aromatic rings. The second-order valence-electron chi connectivity index (χ2n) is 7.53. The number of halogens is 6. The Hall–Kier alpha value is -2.30. The van der Waals surface area contributed by atoms with Crippen molar-refractivity contribution in [3.05, 3.63) is 67.7 Å². The number of imidazole rings is 1. The number of thioether (sulfide) groups is 1. The van der Waals surface area contributed by atoms with Crippen LogP contribution in [0.2, 0.25) is 10.0 Å². The number of nitrogen functional groups attached to an aromatic ring is 1. The van der Waals surface area contributed by atoms with Crippen LogP contribution in [0.1, 0.15) is 10.4 Å². The van der Waals surface area contributed by atoms with Crippen molar-refractivity contribution < 1.29 is 31.5 Å². The summed E-state index contributed by atoms with van der Waals surface area (Å²) >= 11 is 18.6. The third kappa shape index (κ3) is 6.89. The summed E-state index contributed by atoms with van der Waals surface area (Å²) in [6, 6.07) is 9.85. The predicted octanol–water partition coefficient (Wildman–Crippen LogP) is 6.69. The van der Waals surface area contributed by atoms with Gasteiger partial charge in [0.15, 0.2) is 0 Å². The van der Waals surface area contributed by atoms with Crippen LogP contribution in [0.3, 0.4) is 0 Å². The van der Waals surface area contributed by atoms with E-state index in [1.807, 2.05) is 4.57 Å². The standard InChI is InChI=1S/C20H15BrCl2N4O2S3.C2HF3O2/c1-30-20-17(7-16(31-20)19(24)25)32(28,29)10-5-12(21)18-15(6-10)26-9-27(18)8-11-13(22)3-2-4-14(11)23;3-2(4,5)1(6)7/h2-7,9H,8H2,1H3,(H3,24,25);(H,6,7). The van der Waals surface area contributed by atoms with E-state index in [1.54, 1.807) is 36.8 Å². The van der Waals surface area contributed by atoms with Crippen molar-refractivity contribution in [1.29, 1.82) is 5.41 Å². The van der Waals surface area contributed by atoms with E-state index in [-0.39, 0.29) is 15.6 Å². The molecule has 8 nitrogen and oxygen atoms in total. The third-order valence-corrected chi connectivity index (χ3v) is 10.6. The number of aromatic nitrogens is 2. The van der Waals surface area contributed by atoms with Crippen molar-refractivity contribution in [3.63, 3.8) is 0 Å². The Morgan fingerprint density at radius 2 is 1.85 bits per heavy atom. The molecule has 0 amide bonds. The van der Waals surface area contributed by atoms with Crippen molar-refractivity contribution in [2.45, 2.75) is 26.7 Å². The maximum Gasteiger partial charge on any atom is 0.490 e. The molecule has 0 aliphatic carbocycles. The number of nitrogens with two attached hydrogens (primary N) is 1. The lowest BCUT2D eigenvalue weighted by atomic mass is 10.2. The lowest BCUT2D eigenvalue weighted by Crippen LogP contribution is -2.21. The number of carbonyl (C=O) groups is 1. The quantitative estimate of drug-likeness (QED) is 0.116. The van der Waals surface area contributed by atoms with Crippen LogP contribution in [0, 0.1) is 5.41 Å². The molecule has 17 heteroatoms. The van der Waals surface area contributed by atoms with Crippen LogP contribution >= 0.6 is 62.2 Å². The van der Waals surface area contributed by atoms with Crippen LogP contribution in [-0.2, 0) is 21.2 Å². The van der Waals surface area contributed by atoms with Crippen molar-refractivity contribution in [3.8, 4) is 0 Å². The molecule has 0 bridgehead atoms. The molecule has 0 saturated heterocycles. The number of aliphatic carboxylic acids is 1. The average Bonchev–Trinajstić information content (AvgIpc) is 3.46. The number of carboxylic acid groups (broad SMARTS) is 1. The van der Waals surface area contributed by atoms with Crippen LogP contribution in [-0.4, -0.2) is 47.3 Å². The van der Waals surface area contributed by atoms with E-state index in [4.69, 9.17) is 44.2 Å². The first kappa shape index (κ1) is 31.2. The molecule has 4 N–H and O–H groups in total. The Labute approximate surface area is 246 Å². The SMILES string of the molecule is CSc1sc(C(=N)N)cc1S(=O)(=O)c1cc(Br)c2c(c1)ncn2Cc1c(Cl)cccc1Cl.O=C(O)C(F)(F)F. The van der Waals surface area contributed by atoms with E-state index in [2.05, 4.69) is 20.9 Å². The molecule has 2 heterocycles. The van der Waals surface area contributed by atoms with Crippen LogP contribution in [0.25, 0.3) is 11.0 Å². The minimum absolute atomic E-state index is 0.0982. The van der Waals surface area contributed by atoms with Gasteiger partial charge in [-0.1, -0.05) is 29.3 Å². The van der Waals surface area contributed by atoms with Gasteiger partial charge >= 0.3 is 12.1 Å². The minimum Gasteiger partial charge on any atom is -0.475 e. The number of amidine groups is 1. The maximum absolute atomic E-state index is 13.4. The molecular weight excluding hydrogens is 688 g/mol. The normalized spacial score (nSPS) is 11.8. The van der Waals surface area contributed by atoms with Gasteiger partial charge in [-0.3, -0.25) is 5.41 Å². The second kappa shape index (κ2) is 12.1. The molecule has 2 aromatic carbocycles. The van der Waals surface area contributed by atoms with Crippen molar-refractivity contribution in [1.82, 2.24) is 9.55 Å². The molecule has 39 heavy (non-hydrogen) atoms. The fourth-order valence-corrected chi connectivity index (χ4v) is 8.46. The van der Waals surface area contributed by atoms with Crippen LogP contribution in [0.5, 0.6) is 0 Å². The first-order valence-corrected chi connectivity index (χ1v) is 15.3. The van der Waals surface area contributed by atoms with Crippen molar-refractivity contribution in [2.75, 3.05) is 6.26 Å². The molecular formula is C22H16BrCl2F3N4O4S3. The zero-order valence-electron chi connectivity index (χ0n) is 19.4. The van der Waals surface area contributed by atoms with Gasteiger partial charge in [0, 0.05) is 20.1 Å². The number of hydrogen-bond acceptors (Lipinski definition) is 7. The smallest absolute Gasteiger partial charge is 0.475 e. The number of rotatable bonds is 6. The molecule has 0 spiro atoms. The van der Waals surface area contributed by atoms with Crippen LogP contribution < -0.4 is 5.73 Å². The summed E-state index contributed by atoms with van der Waals surface area (Å²) in [5.74, 6) is -2.92. The molecule has 0 aliphatic heterocycles. The fourth-order valence-electron chi connectivity index (χ4n) is 3.21. The molecule has 0 aliphatic rings. The van der Waals surface area contributed by atoms with Gasteiger partial charge < -0.3 is 15.4 Å². The number of nitrogens with one attached hydrogen (secondary N) is 1. The summed E-state index contributed by atoms with van der Waals surface area (Å²) in [7, 11) is -3.86. The Bertz CT molecular complexity index is 1670. The van der Waals surface area contributed by atoms with Gasteiger partial charge in [0.1, 0.15) is 5.84 Å². The molecule has 0 radical (unpaired) electrons. The Morgan fingerprint density at radius 3 is 2.36 bits per heavy atom. The van der Waals surface area contributed by atoms with E-state index < -0.39 is 22.0 Å². The van der Waals surface area contributed by atoms with Gasteiger partial charge in [-0.05, 0) is 52.5 Å². The maximum atomic E-state index is 13.4. The summed E-state index contributed by atoms with van der Waals surface area (Å²) in [5.41, 5.74) is 7.55. The highest BCUT2D eigenvalue weighted by Crippen LogP contribution is 2.39. The van der Waals surface area contributed by atoms with Crippen molar-refractivity contribution in [2.24, 2.45) is 5.73 Å². The third-order valence-electron chi connectivity index (χ3n) is 4.99. The van der Waals surface area contributed by atoms with Gasteiger partial charge in [-0.15, -0.1) is 23.1 Å². The van der Waals surface area contributed by atoms with E-state index >= 15 is 0 Å². The van der Waals surface area contributed by atoms with Gasteiger partial charge in [0.05, 0.1) is 42.8 Å².